The topological polar surface area (TPSA) is 58.8 Å². The van der Waals surface area contributed by atoms with Crippen molar-refractivity contribution in [1.82, 2.24) is 4.90 Å². The minimum atomic E-state index is -0.548. The Morgan fingerprint density at radius 1 is 1.32 bits per heavy atom. The number of nitrogens with zero attached hydrogens (tertiary/aromatic N) is 2. The molecule has 1 aromatic rings. The first-order chi connectivity index (χ1) is 9.02. The summed E-state index contributed by atoms with van der Waals surface area (Å²) in [6.45, 7) is 3.16. The van der Waals surface area contributed by atoms with Crippen molar-refractivity contribution in [1.29, 1.82) is 0 Å². The molecular weight excluding hydrogens is 249 g/mol. The number of anilines is 2. The third-order valence-corrected chi connectivity index (χ3v) is 3.37. The van der Waals surface area contributed by atoms with Gasteiger partial charge in [0, 0.05) is 31.9 Å². The van der Waals surface area contributed by atoms with Crippen molar-refractivity contribution in [2.45, 2.75) is 0 Å². The van der Waals surface area contributed by atoms with E-state index in [9.17, 15) is 9.18 Å². The maximum atomic E-state index is 14.0. The molecule has 0 saturated carbocycles. The fourth-order valence-electron chi connectivity index (χ4n) is 2.15. The Labute approximate surface area is 111 Å². The standard InChI is InChI=1S/C13H18FN3O2/c1-16-3-5-17(6-4-16)12-7-9(13(18)19-2)11(15)8-10(12)14/h7-8H,3-6,15H2,1-2H3. The van der Waals surface area contributed by atoms with Crippen molar-refractivity contribution in [2.24, 2.45) is 0 Å². The van der Waals surface area contributed by atoms with Crippen molar-refractivity contribution < 1.29 is 13.9 Å². The molecule has 1 saturated heterocycles. The number of carbonyl (C=O) groups excluding carboxylic acids is 1. The molecule has 0 bridgehead atoms. The second-order valence-electron chi connectivity index (χ2n) is 4.67. The first kappa shape index (κ1) is 13.6. The van der Waals surface area contributed by atoms with Crippen LogP contribution in [0.2, 0.25) is 0 Å². The van der Waals surface area contributed by atoms with E-state index in [4.69, 9.17) is 5.73 Å². The van der Waals surface area contributed by atoms with Crippen LogP contribution in [0.4, 0.5) is 15.8 Å². The second kappa shape index (κ2) is 5.44. The monoisotopic (exact) mass is 267 g/mol. The Balaban J connectivity index is 2.32. The van der Waals surface area contributed by atoms with Crippen LogP contribution in [0, 0.1) is 5.82 Å². The van der Waals surface area contributed by atoms with E-state index in [1.807, 2.05) is 11.9 Å². The van der Waals surface area contributed by atoms with Gasteiger partial charge in [0.2, 0.25) is 0 Å². The van der Waals surface area contributed by atoms with Crippen LogP contribution in [0.5, 0.6) is 0 Å². The average Bonchev–Trinajstić information content (AvgIpc) is 2.39. The molecule has 0 atom stereocenters. The first-order valence-electron chi connectivity index (χ1n) is 6.13. The number of benzene rings is 1. The molecule has 0 aliphatic carbocycles. The highest BCUT2D eigenvalue weighted by molar-refractivity contribution is 5.96. The molecule has 0 amide bonds. The van der Waals surface area contributed by atoms with Crippen LogP contribution < -0.4 is 10.6 Å². The lowest BCUT2D eigenvalue weighted by Gasteiger charge is -2.34. The fraction of sp³-hybridized carbons (Fsp3) is 0.462. The Bertz CT molecular complexity index is 485. The van der Waals surface area contributed by atoms with Gasteiger partial charge in [-0.3, -0.25) is 0 Å². The lowest BCUT2D eigenvalue weighted by Crippen LogP contribution is -2.44. The maximum Gasteiger partial charge on any atom is 0.340 e. The number of nitrogen functional groups attached to an aromatic ring is 1. The number of hydrogen-bond acceptors (Lipinski definition) is 5. The zero-order chi connectivity index (χ0) is 14.0. The van der Waals surface area contributed by atoms with E-state index in [0.717, 1.165) is 26.2 Å². The summed E-state index contributed by atoms with van der Waals surface area (Å²) in [7, 11) is 3.30. The number of carbonyl (C=O) groups is 1. The van der Waals surface area contributed by atoms with E-state index in [0.29, 0.717) is 5.69 Å². The second-order valence-corrected chi connectivity index (χ2v) is 4.67. The Morgan fingerprint density at radius 2 is 1.95 bits per heavy atom. The van der Waals surface area contributed by atoms with Crippen LogP contribution in [-0.4, -0.2) is 51.2 Å². The van der Waals surface area contributed by atoms with Gasteiger partial charge in [0.15, 0.2) is 0 Å². The largest absolute Gasteiger partial charge is 0.465 e. The van der Waals surface area contributed by atoms with Crippen molar-refractivity contribution >= 4 is 17.3 Å². The predicted molar refractivity (Wildman–Crippen MR) is 71.9 cm³/mol. The molecule has 104 valence electrons. The van der Waals surface area contributed by atoms with Crippen LogP contribution in [0.15, 0.2) is 12.1 Å². The van der Waals surface area contributed by atoms with E-state index in [2.05, 4.69) is 9.64 Å². The molecular formula is C13H18FN3O2. The number of hydrogen-bond donors (Lipinski definition) is 1. The molecule has 1 fully saturated rings. The summed E-state index contributed by atoms with van der Waals surface area (Å²) in [4.78, 5) is 15.7. The molecule has 1 aliphatic heterocycles. The van der Waals surface area contributed by atoms with Crippen LogP contribution in [0.25, 0.3) is 0 Å². The van der Waals surface area contributed by atoms with Gasteiger partial charge in [0.1, 0.15) is 5.82 Å². The van der Waals surface area contributed by atoms with Crippen molar-refractivity contribution in [3.63, 3.8) is 0 Å². The predicted octanol–water partition coefficient (Wildman–Crippen LogP) is 0.946. The third-order valence-electron chi connectivity index (χ3n) is 3.37. The molecule has 19 heavy (non-hydrogen) atoms. The van der Waals surface area contributed by atoms with Crippen LogP contribution in [0.3, 0.4) is 0 Å². The van der Waals surface area contributed by atoms with Crippen LogP contribution in [-0.2, 0) is 4.74 Å². The van der Waals surface area contributed by atoms with E-state index in [1.165, 1.54) is 19.2 Å². The molecule has 1 aromatic carbocycles. The van der Waals surface area contributed by atoms with Gasteiger partial charge in [0.25, 0.3) is 0 Å². The zero-order valence-electron chi connectivity index (χ0n) is 11.1. The molecule has 1 aliphatic rings. The minimum Gasteiger partial charge on any atom is -0.465 e. The Morgan fingerprint density at radius 3 is 2.53 bits per heavy atom. The number of piperazine rings is 1. The summed E-state index contributed by atoms with van der Waals surface area (Å²) < 4.78 is 18.6. The van der Waals surface area contributed by atoms with Crippen LogP contribution >= 0.6 is 0 Å². The molecule has 0 radical (unpaired) electrons. The van der Waals surface area contributed by atoms with Gasteiger partial charge in [-0.15, -0.1) is 0 Å². The normalized spacial score (nSPS) is 16.5. The van der Waals surface area contributed by atoms with Gasteiger partial charge < -0.3 is 20.3 Å². The van der Waals surface area contributed by atoms with Gasteiger partial charge >= 0.3 is 5.97 Å². The van der Waals surface area contributed by atoms with Gasteiger partial charge in [-0.1, -0.05) is 0 Å². The summed E-state index contributed by atoms with van der Waals surface area (Å²) >= 11 is 0. The SMILES string of the molecule is COC(=O)c1cc(N2CCN(C)CC2)c(F)cc1N. The van der Waals surface area contributed by atoms with Gasteiger partial charge in [-0.05, 0) is 19.2 Å². The quantitative estimate of drug-likeness (QED) is 0.638. The Hall–Kier alpha value is -1.82. The highest BCUT2D eigenvalue weighted by atomic mass is 19.1. The van der Waals surface area contributed by atoms with Gasteiger partial charge in [0.05, 0.1) is 18.4 Å². The molecule has 1 heterocycles. The average molecular weight is 267 g/mol. The van der Waals surface area contributed by atoms with Crippen molar-refractivity contribution in [3.05, 3.63) is 23.5 Å². The summed E-state index contributed by atoms with van der Waals surface area (Å²) in [6.07, 6.45) is 0. The van der Waals surface area contributed by atoms with E-state index in [-0.39, 0.29) is 11.3 Å². The van der Waals surface area contributed by atoms with Crippen LogP contribution in [0.1, 0.15) is 10.4 Å². The van der Waals surface area contributed by atoms with E-state index >= 15 is 0 Å². The number of nitrogens with two attached hydrogens (primary N) is 1. The number of esters is 1. The number of methoxy groups -OCH3 is 1. The molecule has 0 unspecified atom stereocenters. The molecule has 2 N–H and O–H groups in total. The lowest BCUT2D eigenvalue weighted by molar-refractivity contribution is 0.0602. The van der Waals surface area contributed by atoms with E-state index < -0.39 is 11.8 Å². The van der Waals surface area contributed by atoms with Crippen molar-refractivity contribution in [3.8, 4) is 0 Å². The number of halogens is 1. The third kappa shape index (κ3) is 2.78. The minimum absolute atomic E-state index is 0.0993. The molecule has 0 aromatic heterocycles. The molecule has 5 nitrogen and oxygen atoms in total. The molecule has 6 heteroatoms. The maximum absolute atomic E-state index is 14.0. The molecule has 0 spiro atoms. The van der Waals surface area contributed by atoms with Gasteiger partial charge in [-0.25, -0.2) is 9.18 Å². The highest BCUT2D eigenvalue weighted by Gasteiger charge is 2.21. The summed E-state index contributed by atoms with van der Waals surface area (Å²) in [6, 6.07) is 2.65. The smallest absolute Gasteiger partial charge is 0.340 e. The van der Waals surface area contributed by atoms with E-state index in [1.54, 1.807) is 0 Å². The number of likely N-dealkylation sites (N-methyl/N-ethyl adjacent to an activating group) is 1. The summed E-state index contributed by atoms with van der Waals surface area (Å²) in [5, 5.41) is 0. The molecule has 2 rings (SSSR count). The highest BCUT2D eigenvalue weighted by Crippen LogP contribution is 2.26. The zero-order valence-corrected chi connectivity index (χ0v) is 11.1. The number of rotatable bonds is 2. The summed E-state index contributed by atoms with van der Waals surface area (Å²) in [5.41, 5.74) is 6.36. The number of ether oxygens (including phenoxy) is 1. The summed E-state index contributed by atoms with van der Waals surface area (Å²) in [5.74, 6) is -0.956. The van der Waals surface area contributed by atoms with Gasteiger partial charge in [-0.2, -0.15) is 0 Å². The lowest BCUT2D eigenvalue weighted by atomic mass is 10.1. The Kier molecular flexibility index (Phi) is 3.90. The first-order valence-corrected chi connectivity index (χ1v) is 6.13. The fourth-order valence-corrected chi connectivity index (χ4v) is 2.15. The van der Waals surface area contributed by atoms with Crippen molar-refractivity contribution in [2.75, 3.05) is 51.0 Å².